The molecule has 1 aliphatic carbocycles. The molecule has 0 bridgehead atoms. The fourth-order valence-corrected chi connectivity index (χ4v) is 4.70. The summed E-state index contributed by atoms with van der Waals surface area (Å²) in [4.78, 5) is 33.8. The summed E-state index contributed by atoms with van der Waals surface area (Å²) in [7, 11) is 0. The third-order valence-electron chi connectivity index (χ3n) is 6.61. The van der Waals surface area contributed by atoms with Crippen molar-refractivity contribution in [1.82, 2.24) is 14.8 Å². The van der Waals surface area contributed by atoms with Crippen LogP contribution in [0.4, 0.5) is 0 Å². The Bertz CT molecular complexity index is 1360. The molecule has 0 spiro atoms. The number of hydrogen-bond acceptors (Lipinski definition) is 2. The maximum absolute atomic E-state index is 13.6. The van der Waals surface area contributed by atoms with Gasteiger partial charge < -0.3 is 14.8 Å². The number of H-pyrrole nitrogens is 1. The Morgan fingerprint density at radius 1 is 0.889 bits per heavy atom. The zero-order chi connectivity index (χ0) is 25.1. The molecule has 36 heavy (non-hydrogen) atoms. The molecule has 1 heterocycles. The van der Waals surface area contributed by atoms with E-state index in [4.69, 9.17) is 23.2 Å². The molecule has 1 fully saturated rings. The fraction of sp³-hybridized carbons (Fsp3) is 0.241. The molecular weight excluding hydrogens is 493 g/mol. The van der Waals surface area contributed by atoms with Gasteiger partial charge in [0, 0.05) is 51.8 Å². The highest BCUT2D eigenvalue weighted by Gasteiger charge is 2.35. The van der Waals surface area contributed by atoms with Crippen molar-refractivity contribution < 1.29 is 9.59 Å². The van der Waals surface area contributed by atoms with E-state index in [2.05, 4.69) is 11.1 Å². The summed E-state index contributed by atoms with van der Waals surface area (Å²) < 4.78 is 0. The number of aromatic nitrogens is 1. The highest BCUT2D eigenvalue weighted by Crippen LogP contribution is 2.29. The van der Waals surface area contributed by atoms with Gasteiger partial charge in [0.05, 0.1) is 0 Å². The molecule has 1 saturated carbocycles. The first-order valence-electron chi connectivity index (χ1n) is 12.1. The molecule has 0 radical (unpaired) electrons. The first kappa shape index (κ1) is 24.4. The number of aromatic amines is 1. The van der Waals surface area contributed by atoms with E-state index in [9.17, 15) is 9.59 Å². The second-order valence-electron chi connectivity index (χ2n) is 9.22. The first-order valence-corrected chi connectivity index (χ1v) is 12.9. The third kappa shape index (κ3) is 5.75. The van der Waals surface area contributed by atoms with Crippen molar-refractivity contribution >= 4 is 45.9 Å². The molecular formula is C29H27Cl2N3O2. The quantitative estimate of drug-likeness (QED) is 0.280. The highest BCUT2D eigenvalue weighted by atomic mass is 35.5. The Labute approximate surface area is 220 Å². The molecule has 5 nitrogen and oxygen atoms in total. The van der Waals surface area contributed by atoms with Gasteiger partial charge in [-0.25, -0.2) is 0 Å². The van der Waals surface area contributed by atoms with Gasteiger partial charge in [-0.1, -0.05) is 53.5 Å². The van der Waals surface area contributed by atoms with Crippen molar-refractivity contribution in [1.29, 1.82) is 0 Å². The van der Waals surface area contributed by atoms with Crippen LogP contribution in [-0.2, 0) is 17.8 Å². The minimum atomic E-state index is -0.134. The van der Waals surface area contributed by atoms with Gasteiger partial charge in [-0.15, -0.1) is 0 Å². The van der Waals surface area contributed by atoms with Crippen molar-refractivity contribution in [2.24, 2.45) is 0 Å². The van der Waals surface area contributed by atoms with Crippen LogP contribution in [0.3, 0.4) is 0 Å². The number of rotatable bonds is 9. The van der Waals surface area contributed by atoms with Gasteiger partial charge in [-0.05, 0) is 72.9 Å². The molecule has 0 unspecified atom stereocenters. The van der Waals surface area contributed by atoms with Crippen molar-refractivity contribution in [2.75, 3.05) is 13.1 Å². The smallest absolute Gasteiger partial charge is 0.254 e. The van der Waals surface area contributed by atoms with Gasteiger partial charge in [-0.3, -0.25) is 9.59 Å². The van der Waals surface area contributed by atoms with Crippen LogP contribution in [0.25, 0.3) is 10.9 Å². The molecule has 1 aliphatic rings. The van der Waals surface area contributed by atoms with Crippen LogP contribution >= 0.6 is 23.2 Å². The number of hydrogen-bond donors (Lipinski definition) is 1. The lowest BCUT2D eigenvalue weighted by atomic mass is 10.1. The summed E-state index contributed by atoms with van der Waals surface area (Å²) in [6.07, 6.45) is 4.55. The number of amides is 2. The molecule has 1 aromatic heterocycles. The first-order chi connectivity index (χ1) is 17.5. The standard InChI is InChI=1S/C29H27Cl2N3O2/c30-23-9-5-20(6-10-23)18-33(16-15-22-17-32-27-4-2-1-3-26(22)27)28(35)19-34(25-13-14-25)29(36)21-7-11-24(31)12-8-21/h1-12,17,25,32H,13-16,18-19H2. The fourth-order valence-electron chi connectivity index (χ4n) is 4.45. The van der Waals surface area contributed by atoms with Crippen LogP contribution in [0.1, 0.15) is 34.3 Å². The van der Waals surface area contributed by atoms with E-state index in [0.29, 0.717) is 35.1 Å². The largest absolute Gasteiger partial charge is 0.361 e. The van der Waals surface area contributed by atoms with Crippen LogP contribution in [0.5, 0.6) is 0 Å². The van der Waals surface area contributed by atoms with Gasteiger partial charge in [0.2, 0.25) is 5.91 Å². The predicted octanol–water partition coefficient (Wildman–Crippen LogP) is 6.35. The Kier molecular flexibility index (Phi) is 7.30. The normalized spacial score (nSPS) is 13.1. The van der Waals surface area contributed by atoms with Crippen molar-refractivity contribution in [3.05, 3.63) is 106 Å². The van der Waals surface area contributed by atoms with Gasteiger partial charge in [0.15, 0.2) is 0 Å². The average Bonchev–Trinajstić information content (AvgIpc) is 3.65. The average molecular weight is 520 g/mol. The molecule has 0 aliphatic heterocycles. The van der Waals surface area contributed by atoms with Crippen LogP contribution in [0, 0.1) is 0 Å². The number of nitrogens with one attached hydrogen (secondary N) is 1. The van der Waals surface area contributed by atoms with Crippen LogP contribution in [0.2, 0.25) is 10.0 Å². The molecule has 7 heteroatoms. The van der Waals surface area contributed by atoms with Gasteiger partial charge in [0.25, 0.3) is 5.91 Å². The second-order valence-corrected chi connectivity index (χ2v) is 10.1. The van der Waals surface area contributed by atoms with E-state index in [1.165, 1.54) is 0 Å². The van der Waals surface area contributed by atoms with E-state index in [-0.39, 0.29) is 24.4 Å². The van der Waals surface area contributed by atoms with E-state index >= 15 is 0 Å². The van der Waals surface area contributed by atoms with Gasteiger partial charge in [-0.2, -0.15) is 0 Å². The van der Waals surface area contributed by atoms with Gasteiger partial charge in [0.1, 0.15) is 6.54 Å². The Hall–Kier alpha value is -3.28. The van der Waals surface area contributed by atoms with Gasteiger partial charge >= 0.3 is 0 Å². The Morgan fingerprint density at radius 3 is 2.25 bits per heavy atom. The maximum Gasteiger partial charge on any atom is 0.254 e. The number of benzene rings is 3. The summed E-state index contributed by atoms with van der Waals surface area (Å²) in [5.74, 6) is -0.204. The molecule has 0 atom stereocenters. The monoisotopic (exact) mass is 519 g/mol. The molecule has 1 N–H and O–H groups in total. The minimum Gasteiger partial charge on any atom is -0.361 e. The van der Waals surface area contributed by atoms with Crippen LogP contribution < -0.4 is 0 Å². The number of fused-ring (bicyclic) bond motifs is 1. The number of carbonyl (C=O) groups is 2. The predicted molar refractivity (Wildman–Crippen MR) is 144 cm³/mol. The molecule has 0 saturated heterocycles. The molecule has 4 aromatic rings. The number of carbonyl (C=O) groups excluding carboxylic acids is 2. The summed E-state index contributed by atoms with van der Waals surface area (Å²) in [5.41, 5.74) is 3.78. The van der Waals surface area contributed by atoms with Crippen LogP contribution in [-0.4, -0.2) is 45.7 Å². The third-order valence-corrected chi connectivity index (χ3v) is 7.11. The summed E-state index contributed by atoms with van der Waals surface area (Å²) in [5, 5.41) is 2.39. The Balaban J connectivity index is 1.35. The molecule has 3 aromatic carbocycles. The van der Waals surface area contributed by atoms with Crippen molar-refractivity contribution in [2.45, 2.75) is 31.8 Å². The summed E-state index contributed by atoms with van der Waals surface area (Å²) >= 11 is 12.1. The lowest BCUT2D eigenvalue weighted by Crippen LogP contribution is -2.44. The number of halogens is 2. The van der Waals surface area contributed by atoms with Crippen molar-refractivity contribution in [3.63, 3.8) is 0 Å². The summed E-state index contributed by atoms with van der Waals surface area (Å²) in [6, 6.07) is 22.6. The minimum absolute atomic E-state index is 0.0492. The zero-order valence-electron chi connectivity index (χ0n) is 19.8. The number of para-hydroxylation sites is 1. The SMILES string of the molecule is O=C(CN(C(=O)c1ccc(Cl)cc1)C1CC1)N(CCc1c[nH]c2ccccc12)Cc1ccc(Cl)cc1. The molecule has 184 valence electrons. The lowest BCUT2D eigenvalue weighted by molar-refractivity contribution is -0.132. The Morgan fingerprint density at radius 2 is 1.56 bits per heavy atom. The topological polar surface area (TPSA) is 56.4 Å². The van der Waals surface area contributed by atoms with E-state index < -0.39 is 0 Å². The molecule has 2 amide bonds. The van der Waals surface area contributed by atoms with E-state index in [1.54, 1.807) is 29.2 Å². The second kappa shape index (κ2) is 10.8. The van der Waals surface area contributed by atoms with Crippen molar-refractivity contribution in [3.8, 4) is 0 Å². The molecule has 5 rings (SSSR count). The maximum atomic E-state index is 13.6. The highest BCUT2D eigenvalue weighted by molar-refractivity contribution is 6.30. The lowest BCUT2D eigenvalue weighted by Gasteiger charge is -2.28. The van der Waals surface area contributed by atoms with Crippen LogP contribution in [0.15, 0.2) is 79.0 Å². The van der Waals surface area contributed by atoms with E-state index in [1.807, 2.05) is 53.6 Å². The summed E-state index contributed by atoms with van der Waals surface area (Å²) in [6.45, 7) is 1.04. The van der Waals surface area contributed by atoms with E-state index in [0.717, 1.165) is 34.9 Å². The number of nitrogens with zero attached hydrogens (tertiary/aromatic N) is 2. The zero-order valence-corrected chi connectivity index (χ0v) is 21.3.